The van der Waals surface area contributed by atoms with Crippen LogP contribution in [0.5, 0.6) is 5.75 Å². The number of hydrogen-bond donors (Lipinski definition) is 1. The van der Waals surface area contributed by atoms with Gasteiger partial charge in [0.15, 0.2) is 0 Å². The summed E-state index contributed by atoms with van der Waals surface area (Å²) in [5, 5.41) is 3.99. The van der Waals surface area contributed by atoms with Gasteiger partial charge in [-0.05, 0) is 18.2 Å². The Hall–Kier alpha value is -2.02. The van der Waals surface area contributed by atoms with Crippen molar-refractivity contribution in [3.05, 3.63) is 40.1 Å². The normalized spacial score (nSPS) is 10.5. The highest BCUT2D eigenvalue weighted by Crippen LogP contribution is 2.24. The van der Waals surface area contributed by atoms with Crippen LogP contribution in [-0.4, -0.2) is 34.7 Å². The fourth-order valence-corrected chi connectivity index (χ4v) is 2.50. The van der Waals surface area contributed by atoms with Crippen LogP contribution in [0.3, 0.4) is 0 Å². The van der Waals surface area contributed by atoms with E-state index in [0.717, 1.165) is 15.8 Å². The summed E-state index contributed by atoms with van der Waals surface area (Å²) in [5.41, 5.74) is 7.45. The third-order valence-electron chi connectivity index (χ3n) is 3.17. The zero-order valence-electron chi connectivity index (χ0n) is 12.1. The van der Waals surface area contributed by atoms with Crippen molar-refractivity contribution >= 4 is 27.5 Å². The van der Waals surface area contributed by atoms with Crippen molar-refractivity contribution in [1.29, 1.82) is 0 Å². The van der Waals surface area contributed by atoms with Gasteiger partial charge in [-0.3, -0.25) is 9.48 Å². The summed E-state index contributed by atoms with van der Waals surface area (Å²) in [6, 6.07) is 5.68. The molecule has 0 atom stereocenters. The summed E-state index contributed by atoms with van der Waals surface area (Å²) >= 11 is 3.42. The van der Waals surface area contributed by atoms with Crippen molar-refractivity contribution in [1.82, 2.24) is 14.7 Å². The van der Waals surface area contributed by atoms with Gasteiger partial charge in [0.1, 0.15) is 11.4 Å². The Labute approximate surface area is 131 Å². The number of nitrogen functional groups attached to an aromatic ring is 1. The molecule has 7 heteroatoms. The van der Waals surface area contributed by atoms with E-state index in [-0.39, 0.29) is 5.91 Å². The molecule has 0 unspecified atom stereocenters. The summed E-state index contributed by atoms with van der Waals surface area (Å²) in [4.78, 5) is 14.0. The molecule has 6 nitrogen and oxygen atoms in total. The van der Waals surface area contributed by atoms with Crippen LogP contribution in [0, 0.1) is 0 Å². The van der Waals surface area contributed by atoms with E-state index < -0.39 is 0 Å². The van der Waals surface area contributed by atoms with Crippen LogP contribution in [0.15, 0.2) is 28.9 Å². The van der Waals surface area contributed by atoms with Gasteiger partial charge in [0.25, 0.3) is 5.91 Å². The number of rotatable bonds is 4. The Morgan fingerprint density at radius 3 is 2.81 bits per heavy atom. The summed E-state index contributed by atoms with van der Waals surface area (Å²) in [6.45, 7) is 0.409. The highest BCUT2D eigenvalue weighted by Gasteiger charge is 2.20. The second-order valence-electron chi connectivity index (χ2n) is 4.69. The minimum Gasteiger partial charge on any atom is -0.496 e. The molecule has 0 aliphatic carbocycles. The minimum absolute atomic E-state index is 0.186. The van der Waals surface area contributed by atoms with Crippen molar-refractivity contribution in [3.8, 4) is 5.75 Å². The fraction of sp³-hybridized carbons (Fsp3) is 0.286. The molecule has 1 aromatic carbocycles. The summed E-state index contributed by atoms with van der Waals surface area (Å²) in [6.07, 6.45) is 1.47. The molecule has 0 spiro atoms. The molecule has 0 saturated carbocycles. The number of ether oxygens (including phenoxy) is 1. The molecule has 112 valence electrons. The van der Waals surface area contributed by atoms with Crippen molar-refractivity contribution < 1.29 is 9.53 Å². The van der Waals surface area contributed by atoms with E-state index in [1.165, 1.54) is 10.9 Å². The fourth-order valence-electron chi connectivity index (χ4n) is 2.10. The van der Waals surface area contributed by atoms with E-state index in [4.69, 9.17) is 10.5 Å². The zero-order valence-corrected chi connectivity index (χ0v) is 13.7. The monoisotopic (exact) mass is 352 g/mol. The quantitative estimate of drug-likeness (QED) is 0.913. The highest BCUT2D eigenvalue weighted by atomic mass is 79.9. The number of halogens is 1. The molecule has 2 aromatic rings. The van der Waals surface area contributed by atoms with Gasteiger partial charge in [-0.1, -0.05) is 15.9 Å². The molecular weight excluding hydrogens is 336 g/mol. The molecule has 0 aliphatic rings. The first-order valence-corrected chi connectivity index (χ1v) is 7.08. The SMILES string of the molecule is COc1ccc(Br)cc1CN(C)C(=O)c1c(N)cnn1C. The molecule has 0 saturated heterocycles. The molecule has 0 aliphatic heterocycles. The maximum atomic E-state index is 12.5. The van der Waals surface area contributed by atoms with E-state index >= 15 is 0 Å². The first-order chi connectivity index (χ1) is 9.93. The van der Waals surface area contributed by atoms with Crippen LogP contribution < -0.4 is 10.5 Å². The summed E-state index contributed by atoms with van der Waals surface area (Å²) in [7, 11) is 5.01. The number of aromatic nitrogens is 2. The first kappa shape index (κ1) is 15.4. The van der Waals surface area contributed by atoms with Gasteiger partial charge in [-0.2, -0.15) is 5.10 Å². The summed E-state index contributed by atoms with van der Waals surface area (Å²) < 4.78 is 7.73. The third kappa shape index (κ3) is 3.18. The minimum atomic E-state index is -0.186. The lowest BCUT2D eigenvalue weighted by molar-refractivity contribution is 0.0774. The largest absolute Gasteiger partial charge is 0.496 e. The van der Waals surface area contributed by atoms with Crippen LogP contribution in [0.25, 0.3) is 0 Å². The van der Waals surface area contributed by atoms with Crippen LogP contribution >= 0.6 is 15.9 Å². The number of nitrogens with zero attached hydrogens (tertiary/aromatic N) is 3. The van der Waals surface area contributed by atoms with Gasteiger partial charge < -0.3 is 15.4 Å². The topological polar surface area (TPSA) is 73.4 Å². The molecule has 1 amide bonds. The van der Waals surface area contributed by atoms with Crippen molar-refractivity contribution in [2.75, 3.05) is 19.9 Å². The number of hydrogen-bond acceptors (Lipinski definition) is 4. The van der Waals surface area contributed by atoms with Gasteiger partial charge in [-0.25, -0.2) is 0 Å². The predicted molar refractivity (Wildman–Crippen MR) is 84.1 cm³/mol. The number of nitrogens with two attached hydrogens (primary N) is 1. The van der Waals surface area contributed by atoms with E-state index in [1.54, 1.807) is 26.1 Å². The Morgan fingerprint density at radius 1 is 1.52 bits per heavy atom. The predicted octanol–water partition coefficient (Wildman–Crippen LogP) is 2.05. The van der Waals surface area contributed by atoms with Gasteiger partial charge in [-0.15, -0.1) is 0 Å². The van der Waals surface area contributed by atoms with Crippen molar-refractivity contribution in [2.45, 2.75) is 6.54 Å². The van der Waals surface area contributed by atoms with E-state index in [9.17, 15) is 4.79 Å². The Morgan fingerprint density at radius 2 is 2.24 bits per heavy atom. The molecular formula is C14H17BrN4O2. The first-order valence-electron chi connectivity index (χ1n) is 6.29. The number of methoxy groups -OCH3 is 1. The molecule has 0 fully saturated rings. The maximum absolute atomic E-state index is 12.5. The van der Waals surface area contributed by atoms with Gasteiger partial charge in [0, 0.05) is 30.7 Å². The average Bonchev–Trinajstić information content (AvgIpc) is 2.77. The standard InChI is InChI=1S/C14H17BrN4O2/c1-18(14(20)13-11(16)7-17-19(13)2)8-9-6-10(15)4-5-12(9)21-3/h4-7H,8,16H2,1-3H3. The number of benzene rings is 1. The van der Waals surface area contributed by atoms with Crippen molar-refractivity contribution in [2.24, 2.45) is 7.05 Å². The Balaban J connectivity index is 2.24. The molecule has 21 heavy (non-hydrogen) atoms. The molecule has 1 heterocycles. The maximum Gasteiger partial charge on any atom is 0.274 e. The van der Waals surface area contributed by atoms with Crippen LogP contribution in [-0.2, 0) is 13.6 Å². The van der Waals surface area contributed by atoms with E-state index in [1.807, 2.05) is 18.2 Å². The molecule has 0 bridgehead atoms. The molecule has 0 radical (unpaired) electrons. The van der Waals surface area contributed by atoms with E-state index in [2.05, 4.69) is 21.0 Å². The van der Waals surface area contributed by atoms with Crippen molar-refractivity contribution in [3.63, 3.8) is 0 Å². The lowest BCUT2D eigenvalue weighted by Crippen LogP contribution is -2.29. The molecule has 1 aromatic heterocycles. The van der Waals surface area contributed by atoms with E-state index in [0.29, 0.717) is 17.9 Å². The lowest BCUT2D eigenvalue weighted by Gasteiger charge is -2.19. The second-order valence-corrected chi connectivity index (χ2v) is 5.61. The summed E-state index contributed by atoms with van der Waals surface area (Å²) in [5.74, 6) is 0.547. The molecule has 2 N–H and O–H groups in total. The third-order valence-corrected chi connectivity index (χ3v) is 3.66. The zero-order chi connectivity index (χ0) is 15.6. The Bertz CT molecular complexity index is 649. The number of carbonyl (C=O) groups is 1. The van der Waals surface area contributed by atoms with Gasteiger partial charge in [0.2, 0.25) is 0 Å². The highest BCUT2D eigenvalue weighted by molar-refractivity contribution is 9.10. The van der Waals surface area contributed by atoms with Crippen LogP contribution in [0.4, 0.5) is 5.69 Å². The van der Waals surface area contributed by atoms with Gasteiger partial charge in [0.05, 0.1) is 19.0 Å². The average molecular weight is 353 g/mol. The number of anilines is 1. The van der Waals surface area contributed by atoms with Crippen LogP contribution in [0.1, 0.15) is 16.1 Å². The Kier molecular flexibility index (Phi) is 4.52. The number of aryl methyl sites for hydroxylation is 1. The number of carbonyl (C=O) groups excluding carboxylic acids is 1. The number of amides is 1. The smallest absolute Gasteiger partial charge is 0.274 e. The lowest BCUT2D eigenvalue weighted by atomic mass is 10.2. The van der Waals surface area contributed by atoms with Crippen LogP contribution in [0.2, 0.25) is 0 Å². The molecule has 2 rings (SSSR count). The second kappa shape index (κ2) is 6.17. The van der Waals surface area contributed by atoms with Gasteiger partial charge >= 0.3 is 0 Å².